The third-order valence-corrected chi connectivity index (χ3v) is 2.54. The van der Waals surface area contributed by atoms with Crippen molar-refractivity contribution in [2.45, 2.75) is 24.6 Å². The standard InChI is InChI=1S/C8H13Cl2NO/c1-5-3-6(5)4-11-7(12)8(2,9)10/h5-6H,3-4H2,1-2H3,(H,11,12). The first-order valence-electron chi connectivity index (χ1n) is 4.07. The number of hydrogen-bond acceptors (Lipinski definition) is 1. The fourth-order valence-corrected chi connectivity index (χ4v) is 1.20. The van der Waals surface area contributed by atoms with E-state index in [0.29, 0.717) is 12.5 Å². The van der Waals surface area contributed by atoms with E-state index in [-0.39, 0.29) is 5.91 Å². The van der Waals surface area contributed by atoms with E-state index in [2.05, 4.69) is 12.2 Å². The van der Waals surface area contributed by atoms with Crippen LogP contribution in [0.15, 0.2) is 0 Å². The second kappa shape index (κ2) is 3.43. The van der Waals surface area contributed by atoms with Gasteiger partial charge < -0.3 is 5.32 Å². The molecule has 0 saturated heterocycles. The summed E-state index contributed by atoms with van der Waals surface area (Å²) in [5, 5.41) is 2.71. The smallest absolute Gasteiger partial charge is 0.256 e. The molecule has 0 aliphatic heterocycles. The SMILES string of the molecule is CC1CC1CNC(=O)C(C)(Cl)Cl. The minimum Gasteiger partial charge on any atom is -0.353 e. The number of hydrogen-bond donors (Lipinski definition) is 1. The van der Waals surface area contributed by atoms with Crippen molar-refractivity contribution in [3.05, 3.63) is 0 Å². The van der Waals surface area contributed by atoms with Gasteiger partial charge in [0.25, 0.3) is 5.91 Å². The molecule has 1 rings (SSSR count). The third kappa shape index (κ3) is 2.83. The molecule has 0 aromatic rings. The van der Waals surface area contributed by atoms with Gasteiger partial charge >= 0.3 is 0 Å². The van der Waals surface area contributed by atoms with Gasteiger partial charge in [0.1, 0.15) is 0 Å². The molecule has 1 fully saturated rings. The molecule has 0 aromatic carbocycles. The van der Waals surface area contributed by atoms with E-state index in [4.69, 9.17) is 23.2 Å². The Labute approximate surface area is 82.6 Å². The van der Waals surface area contributed by atoms with Crippen LogP contribution in [-0.4, -0.2) is 16.8 Å². The maximum Gasteiger partial charge on any atom is 0.256 e. The summed E-state index contributed by atoms with van der Waals surface area (Å²) in [6.45, 7) is 4.34. The molecule has 2 atom stereocenters. The molecular weight excluding hydrogens is 197 g/mol. The van der Waals surface area contributed by atoms with Crippen LogP contribution < -0.4 is 5.32 Å². The molecule has 1 saturated carbocycles. The minimum absolute atomic E-state index is 0.301. The molecule has 0 spiro atoms. The summed E-state index contributed by atoms with van der Waals surface area (Å²) < 4.78 is -1.29. The van der Waals surface area contributed by atoms with Gasteiger partial charge in [-0.1, -0.05) is 30.1 Å². The van der Waals surface area contributed by atoms with Gasteiger partial charge in [0.05, 0.1) is 0 Å². The number of halogens is 2. The lowest BCUT2D eigenvalue weighted by molar-refractivity contribution is -0.121. The van der Waals surface area contributed by atoms with Gasteiger partial charge in [-0.15, -0.1) is 0 Å². The Kier molecular flexibility index (Phi) is 2.89. The summed E-state index contributed by atoms with van der Waals surface area (Å²) in [5.74, 6) is 1.07. The third-order valence-electron chi connectivity index (χ3n) is 2.20. The van der Waals surface area contributed by atoms with Gasteiger partial charge in [-0.25, -0.2) is 0 Å². The summed E-state index contributed by atoms with van der Waals surface area (Å²) in [7, 11) is 0. The molecule has 1 amide bonds. The van der Waals surface area contributed by atoms with E-state index in [1.807, 2.05) is 0 Å². The Hall–Kier alpha value is 0.0500. The molecule has 1 aliphatic carbocycles. The van der Waals surface area contributed by atoms with Crippen LogP contribution in [-0.2, 0) is 4.79 Å². The molecule has 4 heteroatoms. The molecule has 70 valence electrons. The number of rotatable bonds is 3. The molecule has 0 bridgehead atoms. The molecular formula is C8H13Cl2NO. The lowest BCUT2D eigenvalue weighted by Gasteiger charge is -2.12. The molecule has 2 unspecified atom stereocenters. The van der Waals surface area contributed by atoms with Crippen LogP contribution in [0.1, 0.15) is 20.3 Å². The normalized spacial score (nSPS) is 28.3. The Bertz CT molecular complexity index is 188. The van der Waals surface area contributed by atoms with Gasteiger partial charge in [0.2, 0.25) is 0 Å². The monoisotopic (exact) mass is 209 g/mol. The number of carbonyl (C=O) groups is 1. The first kappa shape index (κ1) is 10.1. The summed E-state index contributed by atoms with van der Waals surface area (Å²) in [5.41, 5.74) is 0. The number of nitrogens with one attached hydrogen (secondary N) is 1. The van der Waals surface area contributed by atoms with E-state index < -0.39 is 4.33 Å². The Morgan fingerprint density at radius 2 is 2.17 bits per heavy atom. The molecule has 0 aromatic heterocycles. The van der Waals surface area contributed by atoms with E-state index in [0.717, 1.165) is 5.92 Å². The zero-order valence-electron chi connectivity index (χ0n) is 7.23. The molecule has 12 heavy (non-hydrogen) atoms. The van der Waals surface area contributed by atoms with Gasteiger partial charge in [0, 0.05) is 6.54 Å². The van der Waals surface area contributed by atoms with Crippen LogP contribution in [0.4, 0.5) is 0 Å². The lowest BCUT2D eigenvalue weighted by Crippen LogP contribution is -2.37. The number of alkyl halides is 2. The average molecular weight is 210 g/mol. The highest BCUT2D eigenvalue weighted by molar-refractivity contribution is 6.57. The zero-order valence-corrected chi connectivity index (χ0v) is 8.74. The van der Waals surface area contributed by atoms with Crippen LogP contribution in [0.2, 0.25) is 0 Å². The zero-order chi connectivity index (χ0) is 9.35. The quantitative estimate of drug-likeness (QED) is 0.708. The molecule has 1 aliphatic rings. The van der Waals surface area contributed by atoms with E-state index in [1.54, 1.807) is 0 Å². The van der Waals surface area contributed by atoms with Crippen LogP contribution in [0.3, 0.4) is 0 Å². The molecule has 0 radical (unpaired) electrons. The van der Waals surface area contributed by atoms with Gasteiger partial charge in [0.15, 0.2) is 4.33 Å². The minimum atomic E-state index is -1.29. The van der Waals surface area contributed by atoms with Crippen LogP contribution >= 0.6 is 23.2 Å². The summed E-state index contributed by atoms with van der Waals surface area (Å²) in [6, 6.07) is 0. The number of amides is 1. The fourth-order valence-electron chi connectivity index (χ4n) is 1.06. The van der Waals surface area contributed by atoms with Crippen molar-refractivity contribution in [2.24, 2.45) is 11.8 Å². The highest BCUT2D eigenvalue weighted by atomic mass is 35.5. The van der Waals surface area contributed by atoms with Crippen molar-refractivity contribution in [3.8, 4) is 0 Å². The lowest BCUT2D eigenvalue weighted by atomic mass is 10.3. The summed E-state index contributed by atoms with van der Waals surface area (Å²) in [4.78, 5) is 11.1. The van der Waals surface area contributed by atoms with Crippen molar-refractivity contribution in [1.29, 1.82) is 0 Å². The summed E-state index contributed by atoms with van der Waals surface area (Å²) in [6.07, 6.45) is 1.20. The average Bonchev–Trinajstić information content (AvgIpc) is 2.59. The second-order valence-electron chi connectivity index (χ2n) is 3.57. The fraction of sp³-hybridized carbons (Fsp3) is 0.875. The second-order valence-corrected chi connectivity index (χ2v) is 5.28. The maximum absolute atomic E-state index is 11.1. The number of carbonyl (C=O) groups excluding carboxylic acids is 1. The van der Waals surface area contributed by atoms with E-state index in [1.165, 1.54) is 13.3 Å². The molecule has 1 N–H and O–H groups in total. The van der Waals surface area contributed by atoms with Crippen molar-refractivity contribution in [1.82, 2.24) is 5.32 Å². The Balaban J connectivity index is 2.19. The highest BCUT2D eigenvalue weighted by Crippen LogP contribution is 2.36. The van der Waals surface area contributed by atoms with Crippen LogP contribution in [0.25, 0.3) is 0 Å². The highest BCUT2D eigenvalue weighted by Gasteiger charge is 2.34. The van der Waals surface area contributed by atoms with E-state index in [9.17, 15) is 4.79 Å². The van der Waals surface area contributed by atoms with Crippen molar-refractivity contribution in [3.63, 3.8) is 0 Å². The molecule has 2 nitrogen and oxygen atoms in total. The van der Waals surface area contributed by atoms with Crippen molar-refractivity contribution >= 4 is 29.1 Å². The predicted octanol–water partition coefficient (Wildman–Crippen LogP) is 1.95. The van der Waals surface area contributed by atoms with Gasteiger partial charge in [-0.2, -0.15) is 0 Å². The summed E-state index contributed by atoms with van der Waals surface area (Å²) >= 11 is 11.2. The van der Waals surface area contributed by atoms with Crippen LogP contribution in [0.5, 0.6) is 0 Å². The largest absolute Gasteiger partial charge is 0.353 e. The van der Waals surface area contributed by atoms with Gasteiger partial charge in [-0.05, 0) is 25.2 Å². The van der Waals surface area contributed by atoms with Crippen LogP contribution in [0, 0.1) is 11.8 Å². The van der Waals surface area contributed by atoms with Gasteiger partial charge in [-0.3, -0.25) is 4.79 Å². The van der Waals surface area contributed by atoms with Crippen molar-refractivity contribution < 1.29 is 4.79 Å². The first-order chi connectivity index (χ1) is 5.41. The van der Waals surface area contributed by atoms with E-state index >= 15 is 0 Å². The molecule has 0 heterocycles. The van der Waals surface area contributed by atoms with Crippen molar-refractivity contribution in [2.75, 3.05) is 6.54 Å². The Morgan fingerprint density at radius 3 is 2.50 bits per heavy atom. The first-order valence-corrected chi connectivity index (χ1v) is 4.83. The topological polar surface area (TPSA) is 29.1 Å². The Morgan fingerprint density at radius 1 is 1.67 bits per heavy atom. The maximum atomic E-state index is 11.1. The predicted molar refractivity (Wildman–Crippen MR) is 50.4 cm³/mol.